The molecule has 0 saturated heterocycles. The number of benzene rings is 1. The van der Waals surface area contributed by atoms with Crippen LogP contribution in [0.25, 0.3) is 0 Å². The summed E-state index contributed by atoms with van der Waals surface area (Å²) in [4.78, 5) is 0. The summed E-state index contributed by atoms with van der Waals surface area (Å²) >= 11 is 0. The van der Waals surface area contributed by atoms with Gasteiger partial charge in [0.1, 0.15) is 17.1 Å². The zero-order valence-corrected chi connectivity index (χ0v) is 17.4. The third-order valence-electron chi connectivity index (χ3n) is 5.14. The van der Waals surface area contributed by atoms with Crippen LogP contribution < -0.4 is 9.47 Å². The molecule has 6 nitrogen and oxygen atoms in total. The van der Waals surface area contributed by atoms with Crippen molar-refractivity contribution < 1.29 is 28.8 Å². The lowest BCUT2D eigenvalue weighted by molar-refractivity contribution is -0.0311. The van der Waals surface area contributed by atoms with Crippen molar-refractivity contribution in [2.45, 2.75) is 52.6 Å². The normalized spacial score (nSPS) is 18.9. The second kappa shape index (κ2) is 10.3. The summed E-state index contributed by atoms with van der Waals surface area (Å²) in [5.41, 5.74) is 4.15. The van der Waals surface area contributed by atoms with Gasteiger partial charge >= 0.3 is 0 Å². The maximum atomic E-state index is 8.89. The van der Waals surface area contributed by atoms with Gasteiger partial charge in [0.15, 0.2) is 6.79 Å². The Morgan fingerprint density at radius 2 is 1.81 bits per heavy atom. The maximum absolute atomic E-state index is 8.89. The minimum absolute atomic E-state index is 0.149. The molecule has 6 heteroatoms. The summed E-state index contributed by atoms with van der Waals surface area (Å²) in [5, 5.41) is 8.89. The van der Waals surface area contributed by atoms with Gasteiger partial charge in [0.2, 0.25) is 0 Å². The lowest BCUT2D eigenvalue weighted by Crippen LogP contribution is -2.41. The molecule has 1 aromatic rings. The van der Waals surface area contributed by atoms with Crippen LogP contribution in [0.2, 0.25) is 0 Å². The van der Waals surface area contributed by atoms with Crippen molar-refractivity contribution in [3.05, 3.63) is 22.3 Å². The Kier molecular flexibility index (Phi) is 8.35. The topological polar surface area (TPSA) is 66.4 Å². The Balaban J connectivity index is 2.10. The summed E-state index contributed by atoms with van der Waals surface area (Å²) in [7, 11) is 1.65. The SMILES string of the molecule is COCCOCOc1c(C)c(C)c2c(c1C)CCC(C)(COCCCO)O2. The lowest BCUT2D eigenvalue weighted by atomic mass is 9.87. The third-order valence-corrected chi connectivity index (χ3v) is 5.14. The summed E-state index contributed by atoms with van der Waals surface area (Å²) < 4.78 is 28.5. The van der Waals surface area contributed by atoms with Crippen LogP contribution in [0.4, 0.5) is 0 Å². The van der Waals surface area contributed by atoms with E-state index >= 15 is 0 Å². The van der Waals surface area contributed by atoms with E-state index in [1.165, 1.54) is 5.56 Å². The maximum Gasteiger partial charge on any atom is 0.189 e. The average Bonchev–Trinajstić information content (AvgIpc) is 2.65. The predicted octanol–water partition coefficient (Wildman–Crippen LogP) is 3.09. The Labute approximate surface area is 162 Å². The van der Waals surface area contributed by atoms with Crippen LogP contribution in [0.1, 0.15) is 42.0 Å². The molecule has 1 unspecified atom stereocenters. The molecule has 2 rings (SSSR count). The number of aliphatic hydroxyl groups excluding tert-OH is 1. The summed E-state index contributed by atoms with van der Waals surface area (Å²) in [6, 6.07) is 0. The van der Waals surface area contributed by atoms with Crippen molar-refractivity contribution in [2.24, 2.45) is 0 Å². The molecule has 27 heavy (non-hydrogen) atoms. The molecule has 1 atom stereocenters. The monoisotopic (exact) mass is 382 g/mol. The van der Waals surface area contributed by atoms with Gasteiger partial charge in [0, 0.05) is 25.9 Å². The molecule has 1 aliphatic rings. The molecule has 0 radical (unpaired) electrons. The molecule has 0 bridgehead atoms. The zero-order valence-electron chi connectivity index (χ0n) is 17.4. The highest BCUT2D eigenvalue weighted by molar-refractivity contribution is 5.59. The van der Waals surface area contributed by atoms with Crippen LogP contribution in [-0.4, -0.2) is 57.6 Å². The Bertz CT molecular complexity index is 615. The highest BCUT2D eigenvalue weighted by Gasteiger charge is 2.35. The zero-order chi connectivity index (χ0) is 19.9. The summed E-state index contributed by atoms with van der Waals surface area (Å²) in [5.74, 6) is 1.84. The first-order valence-electron chi connectivity index (χ1n) is 9.63. The van der Waals surface area contributed by atoms with Gasteiger partial charge in [-0.1, -0.05) is 0 Å². The van der Waals surface area contributed by atoms with Gasteiger partial charge in [-0.3, -0.25) is 0 Å². The van der Waals surface area contributed by atoms with E-state index in [9.17, 15) is 0 Å². The van der Waals surface area contributed by atoms with Gasteiger partial charge in [-0.2, -0.15) is 0 Å². The van der Waals surface area contributed by atoms with Crippen molar-refractivity contribution in [1.29, 1.82) is 0 Å². The van der Waals surface area contributed by atoms with Crippen molar-refractivity contribution in [1.82, 2.24) is 0 Å². The molecule has 0 saturated carbocycles. The number of fused-ring (bicyclic) bond motifs is 1. The van der Waals surface area contributed by atoms with Crippen LogP contribution in [-0.2, 0) is 20.6 Å². The van der Waals surface area contributed by atoms with Gasteiger partial charge in [-0.05, 0) is 63.6 Å². The molecule has 0 spiro atoms. The average molecular weight is 382 g/mol. The van der Waals surface area contributed by atoms with E-state index in [-0.39, 0.29) is 19.0 Å². The smallest absolute Gasteiger partial charge is 0.189 e. The quantitative estimate of drug-likeness (QED) is 0.469. The second-order valence-corrected chi connectivity index (χ2v) is 7.36. The fraction of sp³-hybridized carbons (Fsp3) is 0.714. The largest absolute Gasteiger partial charge is 0.485 e. The number of methoxy groups -OCH3 is 1. The van der Waals surface area contributed by atoms with Gasteiger partial charge < -0.3 is 28.8 Å². The van der Waals surface area contributed by atoms with Crippen LogP contribution in [0.15, 0.2) is 0 Å². The molecule has 1 N–H and O–H groups in total. The summed E-state index contributed by atoms with van der Waals surface area (Å²) in [6.45, 7) is 10.8. The van der Waals surface area contributed by atoms with Crippen molar-refractivity contribution >= 4 is 0 Å². The molecule has 0 aliphatic carbocycles. The number of aliphatic hydroxyl groups is 1. The van der Waals surface area contributed by atoms with Crippen molar-refractivity contribution in [2.75, 3.05) is 46.9 Å². The van der Waals surface area contributed by atoms with Crippen LogP contribution in [0.5, 0.6) is 11.5 Å². The molecule has 1 heterocycles. The first-order chi connectivity index (χ1) is 12.9. The van der Waals surface area contributed by atoms with E-state index in [1.807, 2.05) is 0 Å². The molecule has 0 amide bonds. The van der Waals surface area contributed by atoms with Crippen LogP contribution >= 0.6 is 0 Å². The van der Waals surface area contributed by atoms with E-state index in [1.54, 1.807) is 7.11 Å². The summed E-state index contributed by atoms with van der Waals surface area (Å²) in [6.07, 6.45) is 2.45. The fourth-order valence-corrected chi connectivity index (χ4v) is 3.36. The number of ether oxygens (including phenoxy) is 5. The van der Waals surface area contributed by atoms with E-state index in [2.05, 4.69) is 27.7 Å². The molecular formula is C21H34O6. The van der Waals surface area contributed by atoms with Gasteiger partial charge in [0.05, 0.1) is 19.8 Å². The lowest BCUT2D eigenvalue weighted by Gasteiger charge is -2.38. The Morgan fingerprint density at radius 1 is 1.04 bits per heavy atom. The second-order valence-electron chi connectivity index (χ2n) is 7.36. The fourth-order valence-electron chi connectivity index (χ4n) is 3.36. The van der Waals surface area contributed by atoms with Gasteiger partial charge in [-0.25, -0.2) is 0 Å². The highest BCUT2D eigenvalue weighted by Crippen LogP contribution is 2.43. The highest BCUT2D eigenvalue weighted by atomic mass is 16.7. The minimum atomic E-state index is -0.349. The van der Waals surface area contributed by atoms with E-state index in [4.69, 9.17) is 28.8 Å². The first kappa shape index (κ1) is 22.0. The third kappa shape index (κ3) is 5.57. The number of rotatable bonds is 11. The minimum Gasteiger partial charge on any atom is -0.485 e. The number of hydrogen-bond acceptors (Lipinski definition) is 6. The molecule has 154 valence electrons. The Morgan fingerprint density at radius 3 is 2.52 bits per heavy atom. The molecule has 0 fully saturated rings. The van der Waals surface area contributed by atoms with Crippen molar-refractivity contribution in [3.8, 4) is 11.5 Å². The molecular weight excluding hydrogens is 348 g/mol. The Hall–Kier alpha value is -1.34. The predicted molar refractivity (Wildman–Crippen MR) is 104 cm³/mol. The molecule has 1 aromatic carbocycles. The number of hydrogen-bond donors (Lipinski definition) is 1. The molecule has 0 aromatic heterocycles. The van der Waals surface area contributed by atoms with Gasteiger partial charge in [0.25, 0.3) is 0 Å². The standard InChI is InChI=1S/C21H34O6/c1-15-16(2)20-18(17(3)19(15)26-14-25-12-11-23-5)7-8-21(4,27-20)13-24-10-6-9-22/h22H,6-14H2,1-5H3. The van der Waals surface area contributed by atoms with E-state index in [0.717, 1.165) is 41.0 Å². The van der Waals surface area contributed by atoms with E-state index in [0.29, 0.717) is 32.8 Å². The van der Waals surface area contributed by atoms with Crippen LogP contribution in [0, 0.1) is 20.8 Å². The molecule has 1 aliphatic heterocycles. The van der Waals surface area contributed by atoms with Crippen LogP contribution in [0.3, 0.4) is 0 Å². The first-order valence-corrected chi connectivity index (χ1v) is 9.63. The van der Waals surface area contributed by atoms with Crippen molar-refractivity contribution in [3.63, 3.8) is 0 Å². The van der Waals surface area contributed by atoms with E-state index < -0.39 is 0 Å². The van der Waals surface area contributed by atoms with Gasteiger partial charge in [-0.15, -0.1) is 0 Å².